The first-order valence-corrected chi connectivity index (χ1v) is 14.3. The normalized spacial score (nSPS) is 18.5. The van der Waals surface area contributed by atoms with Crippen LogP contribution in [-0.2, 0) is 16.6 Å². The number of benzene rings is 3. The molecule has 1 aliphatic heterocycles. The number of carboxylic acid groups (broad SMARTS) is 1. The molecule has 3 aromatic rings. The summed E-state index contributed by atoms with van der Waals surface area (Å²) in [6.45, 7) is 1.51. The topological polar surface area (TPSA) is 93.8 Å². The molecule has 1 heterocycles. The Bertz CT molecular complexity index is 1430. The SMILES string of the molecule is N=C(CCCCC(=O)O)C(=Nc1ccc(C(=O)N2CCC3(CCCc4ccccc43)C2)cc1)c1ccc(Cl)cc1. The molecule has 3 aromatic carbocycles. The fourth-order valence-corrected chi connectivity index (χ4v) is 6.20. The van der Waals surface area contributed by atoms with Crippen molar-refractivity contribution in [3.8, 4) is 0 Å². The quantitative estimate of drug-likeness (QED) is 0.215. The molecule has 206 valence electrons. The predicted molar refractivity (Wildman–Crippen MR) is 159 cm³/mol. The number of carboxylic acids is 1. The van der Waals surface area contributed by atoms with E-state index in [1.165, 1.54) is 11.1 Å². The maximum Gasteiger partial charge on any atom is 0.303 e. The zero-order valence-corrected chi connectivity index (χ0v) is 23.3. The first-order valence-electron chi connectivity index (χ1n) is 14.0. The van der Waals surface area contributed by atoms with Crippen molar-refractivity contribution in [1.29, 1.82) is 5.41 Å². The number of fused-ring (bicyclic) bond motifs is 2. The number of amides is 1. The van der Waals surface area contributed by atoms with Gasteiger partial charge >= 0.3 is 5.97 Å². The Morgan fingerprint density at radius 3 is 2.38 bits per heavy atom. The molecule has 0 radical (unpaired) electrons. The highest BCUT2D eigenvalue weighted by Gasteiger charge is 2.43. The third-order valence-electron chi connectivity index (χ3n) is 8.16. The van der Waals surface area contributed by atoms with E-state index >= 15 is 0 Å². The summed E-state index contributed by atoms with van der Waals surface area (Å²) < 4.78 is 0. The number of aryl methyl sites for hydroxylation is 1. The highest BCUT2D eigenvalue weighted by Crippen LogP contribution is 2.44. The molecule has 0 bridgehead atoms. The first kappa shape index (κ1) is 27.8. The van der Waals surface area contributed by atoms with Gasteiger partial charge in [-0.15, -0.1) is 0 Å². The monoisotopic (exact) mass is 555 g/mol. The number of rotatable bonds is 9. The van der Waals surface area contributed by atoms with Crippen LogP contribution in [0.3, 0.4) is 0 Å². The molecule has 1 aliphatic carbocycles. The van der Waals surface area contributed by atoms with E-state index in [1.54, 1.807) is 12.1 Å². The highest BCUT2D eigenvalue weighted by molar-refractivity contribution is 6.47. The van der Waals surface area contributed by atoms with Gasteiger partial charge in [0.05, 0.1) is 17.1 Å². The van der Waals surface area contributed by atoms with Crippen molar-refractivity contribution in [3.05, 3.63) is 100 Å². The predicted octanol–water partition coefficient (Wildman–Crippen LogP) is 7.25. The van der Waals surface area contributed by atoms with Crippen molar-refractivity contribution in [3.63, 3.8) is 0 Å². The molecule has 1 amide bonds. The van der Waals surface area contributed by atoms with Crippen LogP contribution in [0.25, 0.3) is 0 Å². The summed E-state index contributed by atoms with van der Waals surface area (Å²) in [6.07, 6.45) is 6.00. The van der Waals surface area contributed by atoms with E-state index in [-0.39, 0.29) is 17.7 Å². The smallest absolute Gasteiger partial charge is 0.303 e. The van der Waals surface area contributed by atoms with Crippen LogP contribution < -0.4 is 0 Å². The summed E-state index contributed by atoms with van der Waals surface area (Å²) >= 11 is 6.08. The van der Waals surface area contributed by atoms with Crippen LogP contribution in [0, 0.1) is 5.41 Å². The molecule has 7 heteroatoms. The van der Waals surface area contributed by atoms with Gasteiger partial charge in [0.2, 0.25) is 0 Å². The second-order valence-electron chi connectivity index (χ2n) is 10.9. The molecule has 6 nitrogen and oxygen atoms in total. The van der Waals surface area contributed by atoms with Gasteiger partial charge < -0.3 is 15.4 Å². The lowest BCUT2D eigenvalue weighted by Gasteiger charge is -2.35. The summed E-state index contributed by atoms with van der Waals surface area (Å²) in [5.41, 5.74) is 5.81. The zero-order chi connectivity index (χ0) is 28.1. The molecule has 1 saturated heterocycles. The van der Waals surface area contributed by atoms with Crippen molar-refractivity contribution in [2.75, 3.05) is 13.1 Å². The van der Waals surface area contributed by atoms with E-state index in [4.69, 9.17) is 27.1 Å². The number of nitrogens with zero attached hydrogens (tertiary/aromatic N) is 2. The summed E-state index contributed by atoms with van der Waals surface area (Å²) in [7, 11) is 0. The zero-order valence-electron chi connectivity index (χ0n) is 22.5. The Morgan fingerprint density at radius 1 is 0.925 bits per heavy atom. The van der Waals surface area contributed by atoms with Gasteiger partial charge in [0, 0.05) is 41.1 Å². The third kappa shape index (κ3) is 6.18. The maximum atomic E-state index is 13.5. The van der Waals surface area contributed by atoms with E-state index in [0.29, 0.717) is 47.0 Å². The molecular weight excluding hydrogens is 522 g/mol. The van der Waals surface area contributed by atoms with Gasteiger partial charge in [-0.1, -0.05) is 48.0 Å². The largest absolute Gasteiger partial charge is 0.481 e. The van der Waals surface area contributed by atoms with Crippen molar-refractivity contribution in [1.82, 2.24) is 4.90 Å². The number of likely N-dealkylation sites (tertiary alicyclic amines) is 1. The lowest BCUT2D eigenvalue weighted by atomic mass is 9.69. The Hall–Kier alpha value is -3.77. The number of carbonyl (C=O) groups is 2. The highest BCUT2D eigenvalue weighted by atomic mass is 35.5. The molecule has 1 fully saturated rings. The Morgan fingerprint density at radius 2 is 1.62 bits per heavy atom. The summed E-state index contributed by atoms with van der Waals surface area (Å²) in [6, 6.07) is 23.2. The molecule has 1 unspecified atom stereocenters. The average Bonchev–Trinajstić information content (AvgIpc) is 3.39. The Balaban J connectivity index is 1.31. The van der Waals surface area contributed by atoms with Gasteiger partial charge in [0.1, 0.15) is 0 Å². The van der Waals surface area contributed by atoms with Gasteiger partial charge in [-0.25, -0.2) is 4.99 Å². The summed E-state index contributed by atoms with van der Waals surface area (Å²) in [4.78, 5) is 31.1. The fourth-order valence-electron chi connectivity index (χ4n) is 6.08. The average molecular weight is 556 g/mol. The molecule has 0 aromatic heterocycles. The van der Waals surface area contributed by atoms with Crippen LogP contribution in [0.5, 0.6) is 0 Å². The van der Waals surface area contributed by atoms with Crippen molar-refractivity contribution in [2.24, 2.45) is 4.99 Å². The van der Waals surface area contributed by atoms with Crippen LogP contribution >= 0.6 is 11.6 Å². The Kier molecular flexibility index (Phi) is 8.46. The molecule has 40 heavy (non-hydrogen) atoms. The molecule has 2 N–H and O–H groups in total. The second-order valence-corrected chi connectivity index (χ2v) is 11.3. The van der Waals surface area contributed by atoms with Gasteiger partial charge in [-0.3, -0.25) is 9.59 Å². The van der Waals surface area contributed by atoms with Crippen LogP contribution in [-0.4, -0.2) is 46.4 Å². The van der Waals surface area contributed by atoms with Gasteiger partial charge in [-0.2, -0.15) is 0 Å². The Labute approximate surface area is 240 Å². The molecule has 1 atom stereocenters. The van der Waals surface area contributed by atoms with E-state index in [2.05, 4.69) is 24.3 Å². The molecule has 2 aliphatic rings. The van der Waals surface area contributed by atoms with Crippen LogP contribution in [0.4, 0.5) is 5.69 Å². The first-order chi connectivity index (χ1) is 19.3. The van der Waals surface area contributed by atoms with Crippen molar-refractivity contribution in [2.45, 2.75) is 56.8 Å². The minimum atomic E-state index is -0.833. The minimum Gasteiger partial charge on any atom is -0.481 e. The number of hydrogen-bond donors (Lipinski definition) is 2. The summed E-state index contributed by atoms with van der Waals surface area (Å²) in [5, 5.41) is 18.2. The molecule has 0 saturated carbocycles. The fraction of sp³-hybridized carbons (Fsp3) is 0.333. The standard InChI is InChI=1S/C33H34ClN3O3/c34-26-15-11-24(12-16-26)31(29(35)9-3-4-10-30(38)39)36-27-17-13-25(14-18-27)32(40)37-21-20-33(22-37)19-5-7-23-6-1-2-8-28(23)33/h1-2,6,8,11-18,35H,3-5,7,9-10,19-22H2,(H,38,39). The van der Waals surface area contributed by atoms with Gasteiger partial charge in [0.15, 0.2) is 0 Å². The van der Waals surface area contributed by atoms with Crippen LogP contribution in [0.15, 0.2) is 77.8 Å². The second kappa shape index (κ2) is 12.2. The number of halogens is 1. The lowest BCUT2D eigenvalue weighted by molar-refractivity contribution is -0.137. The minimum absolute atomic E-state index is 0.0413. The molecule has 5 rings (SSSR count). The molecule has 1 spiro atoms. The number of nitrogens with one attached hydrogen (secondary N) is 1. The summed E-state index contributed by atoms with van der Waals surface area (Å²) in [5.74, 6) is -0.792. The number of hydrogen-bond acceptors (Lipinski definition) is 4. The third-order valence-corrected chi connectivity index (χ3v) is 8.41. The number of unbranched alkanes of at least 4 members (excludes halogenated alkanes) is 1. The van der Waals surface area contributed by atoms with Crippen LogP contribution in [0.2, 0.25) is 5.02 Å². The number of aliphatic carboxylic acids is 1. The van der Waals surface area contributed by atoms with Gasteiger partial charge in [0.25, 0.3) is 5.91 Å². The van der Waals surface area contributed by atoms with Crippen molar-refractivity contribution >= 4 is 40.6 Å². The lowest BCUT2D eigenvalue weighted by Crippen LogP contribution is -2.36. The molecular formula is C33H34ClN3O3. The van der Waals surface area contributed by atoms with Crippen LogP contribution in [0.1, 0.15) is 72.0 Å². The van der Waals surface area contributed by atoms with E-state index in [9.17, 15) is 9.59 Å². The van der Waals surface area contributed by atoms with E-state index < -0.39 is 5.97 Å². The van der Waals surface area contributed by atoms with Crippen molar-refractivity contribution < 1.29 is 14.7 Å². The van der Waals surface area contributed by atoms with Gasteiger partial charge in [-0.05, 0) is 92.5 Å². The van der Waals surface area contributed by atoms with E-state index in [0.717, 1.165) is 44.3 Å². The van der Waals surface area contributed by atoms with E-state index in [1.807, 2.05) is 41.3 Å². The number of carbonyl (C=O) groups excluding carboxylic acids is 1. The number of aliphatic imine (C=N–C) groups is 1. The maximum absolute atomic E-state index is 13.5.